The van der Waals surface area contributed by atoms with Gasteiger partial charge >= 0.3 is 12.1 Å². The molecule has 2 aromatic rings. The third-order valence-electron chi connectivity index (χ3n) is 2.98. The van der Waals surface area contributed by atoms with Crippen LogP contribution in [0.1, 0.15) is 15.9 Å². The standard InChI is InChI=1S/C16H14F3NO5/c17-16(18,19)10-3-1-4-12(7-10)25-14-13(5-2-6-20-14)15(23)24-9-11(22)8-21/h1-7,11,21-22H,8-9H2. The highest BCUT2D eigenvalue weighted by Crippen LogP contribution is 2.33. The predicted octanol–water partition coefficient (Wildman–Crippen LogP) is 2.40. The smallest absolute Gasteiger partial charge is 0.416 e. The normalized spacial score (nSPS) is 12.5. The Kier molecular flexibility index (Phi) is 5.94. The van der Waals surface area contributed by atoms with E-state index >= 15 is 0 Å². The van der Waals surface area contributed by atoms with E-state index < -0.39 is 37.0 Å². The summed E-state index contributed by atoms with van der Waals surface area (Å²) >= 11 is 0. The Balaban J connectivity index is 2.20. The molecule has 134 valence electrons. The van der Waals surface area contributed by atoms with Crippen LogP contribution in [0.5, 0.6) is 11.6 Å². The fourth-order valence-electron chi connectivity index (χ4n) is 1.78. The van der Waals surface area contributed by atoms with Crippen molar-refractivity contribution in [3.8, 4) is 11.6 Å². The predicted molar refractivity (Wildman–Crippen MR) is 79.1 cm³/mol. The minimum atomic E-state index is -4.54. The van der Waals surface area contributed by atoms with Crippen molar-refractivity contribution in [2.75, 3.05) is 13.2 Å². The number of esters is 1. The van der Waals surface area contributed by atoms with Gasteiger partial charge < -0.3 is 19.7 Å². The average Bonchev–Trinajstić information content (AvgIpc) is 2.59. The van der Waals surface area contributed by atoms with Gasteiger partial charge in [-0.05, 0) is 30.3 Å². The molecule has 0 saturated carbocycles. The van der Waals surface area contributed by atoms with Crippen LogP contribution in [0.4, 0.5) is 13.2 Å². The number of alkyl halides is 3. The summed E-state index contributed by atoms with van der Waals surface area (Å²) in [5.41, 5.74) is -1.04. The number of rotatable bonds is 6. The van der Waals surface area contributed by atoms with Crippen molar-refractivity contribution in [1.82, 2.24) is 4.98 Å². The van der Waals surface area contributed by atoms with Crippen molar-refractivity contribution in [3.05, 3.63) is 53.7 Å². The van der Waals surface area contributed by atoms with E-state index in [1.54, 1.807) is 0 Å². The molecule has 2 N–H and O–H groups in total. The van der Waals surface area contributed by atoms with Crippen LogP contribution < -0.4 is 4.74 Å². The molecule has 0 bridgehead atoms. The number of carbonyl (C=O) groups is 1. The molecule has 0 amide bonds. The number of aliphatic hydroxyl groups excluding tert-OH is 2. The Hall–Kier alpha value is -2.65. The first-order chi connectivity index (χ1) is 11.8. The summed E-state index contributed by atoms with van der Waals surface area (Å²) in [4.78, 5) is 15.8. The van der Waals surface area contributed by atoms with Crippen LogP contribution in [0.25, 0.3) is 0 Å². The first kappa shape index (κ1) is 18.7. The highest BCUT2D eigenvalue weighted by atomic mass is 19.4. The number of hydrogen-bond acceptors (Lipinski definition) is 6. The minimum Gasteiger partial charge on any atom is -0.459 e. The molecule has 0 spiro atoms. The third kappa shape index (κ3) is 5.16. The fraction of sp³-hybridized carbons (Fsp3) is 0.250. The Morgan fingerprint density at radius 3 is 2.68 bits per heavy atom. The van der Waals surface area contributed by atoms with Crippen molar-refractivity contribution in [1.29, 1.82) is 0 Å². The molecule has 0 radical (unpaired) electrons. The number of carbonyl (C=O) groups excluding carboxylic acids is 1. The van der Waals surface area contributed by atoms with Crippen LogP contribution in [0, 0.1) is 0 Å². The van der Waals surface area contributed by atoms with Gasteiger partial charge in [-0.2, -0.15) is 13.2 Å². The number of hydrogen-bond donors (Lipinski definition) is 2. The number of nitrogens with zero attached hydrogens (tertiary/aromatic N) is 1. The van der Waals surface area contributed by atoms with Crippen LogP contribution >= 0.6 is 0 Å². The largest absolute Gasteiger partial charge is 0.459 e. The van der Waals surface area contributed by atoms with Gasteiger partial charge in [0.05, 0.1) is 12.2 Å². The van der Waals surface area contributed by atoms with Crippen LogP contribution in [-0.2, 0) is 10.9 Å². The van der Waals surface area contributed by atoms with Crippen molar-refractivity contribution in [3.63, 3.8) is 0 Å². The summed E-state index contributed by atoms with van der Waals surface area (Å²) < 4.78 is 48.3. The van der Waals surface area contributed by atoms with E-state index in [1.165, 1.54) is 24.4 Å². The minimum absolute atomic E-state index is 0.134. The van der Waals surface area contributed by atoms with Gasteiger partial charge in [-0.15, -0.1) is 0 Å². The van der Waals surface area contributed by atoms with Crippen LogP contribution in [0.15, 0.2) is 42.6 Å². The Morgan fingerprint density at radius 1 is 1.24 bits per heavy atom. The number of aliphatic hydroxyl groups is 2. The first-order valence-electron chi connectivity index (χ1n) is 7.07. The zero-order valence-corrected chi connectivity index (χ0v) is 12.7. The molecule has 1 aromatic heterocycles. The Labute approximate surface area is 140 Å². The topological polar surface area (TPSA) is 88.9 Å². The molecule has 1 heterocycles. The number of benzene rings is 1. The second-order valence-electron chi connectivity index (χ2n) is 4.92. The molecular weight excluding hydrogens is 343 g/mol. The monoisotopic (exact) mass is 357 g/mol. The summed E-state index contributed by atoms with van der Waals surface area (Å²) in [5.74, 6) is -1.30. The van der Waals surface area contributed by atoms with Gasteiger partial charge in [0, 0.05) is 6.20 Å². The van der Waals surface area contributed by atoms with Gasteiger partial charge in [-0.3, -0.25) is 0 Å². The Morgan fingerprint density at radius 2 is 2.00 bits per heavy atom. The average molecular weight is 357 g/mol. The second kappa shape index (κ2) is 7.95. The van der Waals surface area contributed by atoms with Gasteiger partial charge in [0.2, 0.25) is 5.88 Å². The molecule has 0 aliphatic rings. The first-order valence-corrected chi connectivity index (χ1v) is 7.07. The van der Waals surface area contributed by atoms with Crippen molar-refractivity contribution >= 4 is 5.97 Å². The van der Waals surface area contributed by atoms with E-state index in [2.05, 4.69) is 4.98 Å². The van der Waals surface area contributed by atoms with E-state index in [0.29, 0.717) is 0 Å². The van der Waals surface area contributed by atoms with E-state index in [4.69, 9.17) is 14.6 Å². The maximum Gasteiger partial charge on any atom is 0.416 e. The zero-order chi connectivity index (χ0) is 18.4. The van der Waals surface area contributed by atoms with E-state index in [0.717, 1.165) is 18.2 Å². The summed E-state index contributed by atoms with van der Waals surface area (Å²) in [6, 6.07) is 6.84. The number of ether oxygens (including phenoxy) is 2. The van der Waals surface area contributed by atoms with Crippen LogP contribution in [0.3, 0.4) is 0 Å². The number of aromatic nitrogens is 1. The number of pyridine rings is 1. The highest BCUT2D eigenvalue weighted by molar-refractivity contribution is 5.91. The van der Waals surface area contributed by atoms with E-state index in [9.17, 15) is 23.1 Å². The quantitative estimate of drug-likeness (QED) is 0.772. The SMILES string of the molecule is O=C(OCC(O)CO)c1cccnc1Oc1cccc(C(F)(F)F)c1. The fourth-order valence-corrected chi connectivity index (χ4v) is 1.78. The van der Waals surface area contributed by atoms with Crippen LogP contribution in [0.2, 0.25) is 0 Å². The Bertz CT molecular complexity index is 736. The van der Waals surface area contributed by atoms with Gasteiger partial charge in [-0.1, -0.05) is 6.07 Å². The molecule has 0 aliphatic carbocycles. The number of halogens is 3. The molecule has 1 unspecified atom stereocenters. The van der Waals surface area contributed by atoms with Gasteiger partial charge in [0.25, 0.3) is 0 Å². The summed E-state index contributed by atoms with van der Waals surface area (Å²) in [5, 5.41) is 17.9. The van der Waals surface area contributed by atoms with Crippen LogP contribution in [-0.4, -0.2) is 40.5 Å². The van der Waals surface area contributed by atoms with Crippen molar-refractivity contribution < 1.29 is 37.7 Å². The summed E-state index contributed by atoms with van der Waals surface area (Å²) in [6.07, 6.45) is -4.48. The zero-order valence-electron chi connectivity index (χ0n) is 12.7. The van der Waals surface area contributed by atoms with Gasteiger partial charge in [0.15, 0.2) is 0 Å². The molecule has 0 saturated heterocycles. The lowest BCUT2D eigenvalue weighted by Crippen LogP contribution is -2.22. The molecule has 0 fully saturated rings. The lowest BCUT2D eigenvalue weighted by atomic mass is 10.2. The lowest BCUT2D eigenvalue weighted by Gasteiger charge is -2.12. The maximum atomic E-state index is 12.7. The molecule has 0 aliphatic heterocycles. The molecule has 9 heteroatoms. The van der Waals surface area contributed by atoms with Gasteiger partial charge in [0.1, 0.15) is 24.0 Å². The second-order valence-corrected chi connectivity index (χ2v) is 4.92. The van der Waals surface area contributed by atoms with E-state index in [-0.39, 0.29) is 17.2 Å². The molecule has 1 atom stereocenters. The van der Waals surface area contributed by atoms with Crippen molar-refractivity contribution in [2.45, 2.75) is 12.3 Å². The molecular formula is C16H14F3NO5. The molecule has 1 aromatic carbocycles. The maximum absolute atomic E-state index is 12.7. The van der Waals surface area contributed by atoms with E-state index in [1.807, 2.05) is 0 Å². The highest BCUT2D eigenvalue weighted by Gasteiger charge is 2.30. The summed E-state index contributed by atoms with van der Waals surface area (Å²) in [6.45, 7) is -1.04. The third-order valence-corrected chi connectivity index (χ3v) is 2.98. The lowest BCUT2D eigenvalue weighted by molar-refractivity contribution is -0.137. The summed E-state index contributed by atoms with van der Waals surface area (Å²) in [7, 11) is 0. The molecule has 25 heavy (non-hydrogen) atoms. The molecule has 6 nitrogen and oxygen atoms in total. The molecule has 2 rings (SSSR count). The van der Waals surface area contributed by atoms with Gasteiger partial charge in [-0.25, -0.2) is 9.78 Å². The van der Waals surface area contributed by atoms with Crippen molar-refractivity contribution in [2.24, 2.45) is 0 Å².